The van der Waals surface area contributed by atoms with Crippen LogP contribution in [0.1, 0.15) is 43.4 Å². The fourth-order valence-electron chi connectivity index (χ4n) is 2.60. The summed E-state index contributed by atoms with van der Waals surface area (Å²) in [5.74, 6) is 0.144. The molecule has 0 bridgehead atoms. The maximum absolute atomic E-state index is 9.71. The smallest absolute Gasteiger partial charge is 0.0845 e. The van der Waals surface area contributed by atoms with Crippen LogP contribution in [0.2, 0.25) is 6.32 Å². The maximum atomic E-state index is 9.71. The Balaban J connectivity index is 3.31. The van der Waals surface area contributed by atoms with Crippen molar-refractivity contribution in [1.82, 2.24) is 0 Å². The van der Waals surface area contributed by atoms with E-state index >= 15 is 0 Å². The summed E-state index contributed by atoms with van der Waals surface area (Å²) >= 11 is 0. The fourth-order valence-corrected chi connectivity index (χ4v) is 2.60. The summed E-state index contributed by atoms with van der Waals surface area (Å²) < 4.78 is 0. The van der Waals surface area contributed by atoms with Crippen LogP contribution >= 0.6 is 0 Å². The molecule has 4 heteroatoms. The summed E-state index contributed by atoms with van der Waals surface area (Å²) in [5, 5.41) is 28.4. The molecule has 1 rings (SSSR count). The van der Waals surface area contributed by atoms with Crippen molar-refractivity contribution in [3.8, 4) is 6.07 Å². The highest BCUT2D eigenvalue weighted by Gasteiger charge is 2.35. The van der Waals surface area contributed by atoms with Crippen molar-refractivity contribution in [2.75, 3.05) is 0 Å². The summed E-state index contributed by atoms with van der Waals surface area (Å²) in [5.41, 5.74) is 1.67. The van der Waals surface area contributed by atoms with Gasteiger partial charge in [-0.2, -0.15) is 5.26 Å². The summed E-state index contributed by atoms with van der Waals surface area (Å²) in [6.07, 6.45) is 2.03. The van der Waals surface area contributed by atoms with Crippen molar-refractivity contribution in [2.24, 2.45) is 5.92 Å². The largest absolute Gasteiger partial charge is 0.392 e. The molecule has 0 saturated carbocycles. The van der Waals surface area contributed by atoms with Gasteiger partial charge in [0, 0.05) is 0 Å². The number of rotatable bonds is 7. The van der Waals surface area contributed by atoms with Crippen LogP contribution < -0.4 is 0 Å². The van der Waals surface area contributed by atoms with Gasteiger partial charge in [0.25, 0.3) is 0 Å². The van der Waals surface area contributed by atoms with Gasteiger partial charge in [0.05, 0.1) is 32.5 Å². The number of hydrogen-bond acceptors (Lipinski definition) is 3. The number of nitriles is 1. The van der Waals surface area contributed by atoms with Gasteiger partial charge in [-0.3, -0.25) is 0 Å². The average molecular weight is 271 g/mol. The number of hydrogen-bond donors (Lipinski definition) is 2. The lowest BCUT2D eigenvalue weighted by Crippen LogP contribution is -2.31. The fraction of sp³-hybridized carbons (Fsp3) is 0.562. The number of nitrogens with zero attached hydrogens (tertiary/aromatic N) is 1. The summed E-state index contributed by atoms with van der Waals surface area (Å²) in [6.45, 7) is 3.80. The van der Waals surface area contributed by atoms with Crippen LogP contribution in [0.3, 0.4) is 0 Å². The van der Waals surface area contributed by atoms with Crippen LogP contribution in [0, 0.1) is 17.2 Å². The van der Waals surface area contributed by atoms with Gasteiger partial charge in [0.2, 0.25) is 0 Å². The van der Waals surface area contributed by atoms with Gasteiger partial charge >= 0.3 is 0 Å². The van der Waals surface area contributed by atoms with Crippen LogP contribution in [-0.2, 0) is 18.6 Å². The third-order valence-electron chi connectivity index (χ3n) is 4.02. The van der Waals surface area contributed by atoms with E-state index in [9.17, 15) is 15.5 Å². The zero-order chi connectivity index (χ0) is 15.2. The predicted molar refractivity (Wildman–Crippen MR) is 80.2 cm³/mol. The Morgan fingerprint density at radius 3 is 2.35 bits per heavy atom. The Morgan fingerprint density at radius 1 is 1.25 bits per heavy atom. The highest BCUT2D eigenvalue weighted by atomic mass is 16.3. The van der Waals surface area contributed by atoms with Gasteiger partial charge in [0.15, 0.2) is 0 Å². The van der Waals surface area contributed by atoms with Crippen molar-refractivity contribution in [3.05, 3.63) is 34.9 Å². The van der Waals surface area contributed by atoms with Crippen molar-refractivity contribution in [3.63, 3.8) is 0 Å². The maximum Gasteiger partial charge on any atom is 0.0845 e. The molecule has 0 aliphatic carbocycles. The monoisotopic (exact) mass is 271 g/mol. The van der Waals surface area contributed by atoms with Crippen LogP contribution in [-0.4, -0.2) is 18.1 Å². The first-order valence-corrected chi connectivity index (χ1v) is 7.01. The number of benzene rings is 1. The highest BCUT2D eigenvalue weighted by molar-refractivity contribution is 6.08. The molecule has 1 aromatic carbocycles. The van der Waals surface area contributed by atoms with Crippen molar-refractivity contribution in [1.29, 1.82) is 5.26 Å². The molecule has 20 heavy (non-hydrogen) atoms. The lowest BCUT2D eigenvalue weighted by molar-refractivity contribution is 0.259. The molecule has 0 fully saturated rings. The molecule has 1 atom stereocenters. The molecule has 106 valence electrons. The molecule has 0 amide bonds. The van der Waals surface area contributed by atoms with Crippen LogP contribution in [0.15, 0.2) is 18.2 Å². The summed E-state index contributed by atoms with van der Waals surface area (Å²) in [4.78, 5) is 0. The molecule has 2 radical (unpaired) electrons. The Kier molecular flexibility index (Phi) is 6.26. The second-order valence-corrected chi connectivity index (χ2v) is 5.43. The second kappa shape index (κ2) is 7.47. The summed E-state index contributed by atoms with van der Waals surface area (Å²) in [6, 6.07) is 7.96. The van der Waals surface area contributed by atoms with E-state index < -0.39 is 5.41 Å². The molecule has 1 unspecified atom stereocenters. The minimum atomic E-state index is -0.600. The van der Waals surface area contributed by atoms with Crippen molar-refractivity contribution in [2.45, 2.75) is 51.6 Å². The molecule has 3 nitrogen and oxygen atoms in total. The van der Waals surface area contributed by atoms with E-state index in [0.29, 0.717) is 23.9 Å². The number of aliphatic hydroxyl groups excluding tert-OH is 2. The topological polar surface area (TPSA) is 64.2 Å². The first kappa shape index (κ1) is 16.7. The standard InChI is InChI=1S/C16H22BNO2/c1-12(2)16(11-18,6-3-7-17)15-5-4-13(9-19)14(8-15)10-20/h4-5,8,12,19-20H,3,6-7,9-10H2,1-2H3. The molecular formula is C16H22BNO2. The minimum Gasteiger partial charge on any atom is -0.392 e. The minimum absolute atomic E-state index is 0.111. The number of aliphatic hydroxyl groups is 2. The second-order valence-electron chi connectivity index (χ2n) is 5.43. The molecule has 2 N–H and O–H groups in total. The SMILES string of the molecule is [B]CCCC(C#N)(c1ccc(CO)c(CO)c1)C(C)C. The molecule has 0 heterocycles. The summed E-state index contributed by atoms with van der Waals surface area (Å²) in [7, 11) is 5.59. The first-order chi connectivity index (χ1) is 9.55. The molecule has 0 spiro atoms. The van der Waals surface area contributed by atoms with E-state index in [0.717, 1.165) is 12.0 Å². The molecule has 0 aliphatic heterocycles. The normalized spacial score (nSPS) is 14.0. The van der Waals surface area contributed by atoms with E-state index in [-0.39, 0.29) is 19.1 Å². The third-order valence-corrected chi connectivity index (χ3v) is 4.02. The highest BCUT2D eigenvalue weighted by Crippen LogP contribution is 2.37. The Hall–Kier alpha value is -1.31. The van der Waals surface area contributed by atoms with E-state index in [4.69, 9.17) is 7.85 Å². The Bertz CT molecular complexity index is 482. The first-order valence-electron chi connectivity index (χ1n) is 7.01. The van der Waals surface area contributed by atoms with Gasteiger partial charge in [-0.15, -0.1) is 0 Å². The predicted octanol–water partition coefficient (Wildman–Crippen LogP) is 2.46. The van der Waals surface area contributed by atoms with Crippen LogP contribution in [0.4, 0.5) is 0 Å². The van der Waals surface area contributed by atoms with Crippen molar-refractivity contribution >= 4 is 7.85 Å². The van der Waals surface area contributed by atoms with Gasteiger partial charge in [-0.1, -0.05) is 44.8 Å². The van der Waals surface area contributed by atoms with Gasteiger partial charge in [-0.25, -0.2) is 0 Å². The van der Waals surface area contributed by atoms with Gasteiger partial charge in [-0.05, 0) is 29.0 Å². The molecule has 0 aliphatic rings. The van der Waals surface area contributed by atoms with E-state index in [1.807, 2.05) is 26.0 Å². The molecular weight excluding hydrogens is 249 g/mol. The zero-order valence-electron chi connectivity index (χ0n) is 12.3. The lowest BCUT2D eigenvalue weighted by atomic mass is 9.68. The van der Waals surface area contributed by atoms with E-state index in [1.54, 1.807) is 6.07 Å². The molecule has 0 saturated heterocycles. The van der Waals surface area contributed by atoms with E-state index in [2.05, 4.69) is 6.07 Å². The third kappa shape index (κ3) is 3.23. The van der Waals surface area contributed by atoms with Crippen LogP contribution in [0.5, 0.6) is 0 Å². The lowest BCUT2D eigenvalue weighted by Gasteiger charge is -2.32. The van der Waals surface area contributed by atoms with Gasteiger partial charge < -0.3 is 10.2 Å². The molecule has 1 aromatic rings. The Labute approximate surface area is 122 Å². The zero-order valence-corrected chi connectivity index (χ0v) is 12.3. The Morgan fingerprint density at radius 2 is 1.90 bits per heavy atom. The van der Waals surface area contributed by atoms with Crippen molar-refractivity contribution < 1.29 is 10.2 Å². The average Bonchev–Trinajstić information content (AvgIpc) is 2.47. The van der Waals surface area contributed by atoms with E-state index in [1.165, 1.54) is 0 Å². The van der Waals surface area contributed by atoms with Crippen LogP contribution in [0.25, 0.3) is 0 Å². The quantitative estimate of drug-likeness (QED) is 0.749. The molecule has 0 aromatic heterocycles. The van der Waals surface area contributed by atoms with Gasteiger partial charge in [0.1, 0.15) is 0 Å².